The zero-order valence-electron chi connectivity index (χ0n) is 10.7. The lowest BCUT2D eigenvalue weighted by atomic mass is 10.0. The van der Waals surface area contributed by atoms with Crippen LogP contribution in [0.3, 0.4) is 0 Å². The van der Waals surface area contributed by atoms with Crippen LogP contribution in [0.1, 0.15) is 30.9 Å². The minimum absolute atomic E-state index is 0.156. The minimum Gasteiger partial charge on any atom is -0.336 e. The Balaban J connectivity index is 2.12. The highest BCUT2D eigenvalue weighted by Crippen LogP contribution is 2.35. The van der Waals surface area contributed by atoms with E-state index in [1.807, 2.05) is 36.2 Å². The Morgan fingerprint density at radius 3 is 3.00 bits per heavy atom. The first-order chi connectivity index (χ1) is 8.74. The summed E-state index contributed by atoms with van der Waals surface area (Å²) >= 11 is 6.23. The first kappa shape index (κ1) is 13.4. The van der Waals surface area contributed by atoms with Crippen molar-refractivity contribution in [3.63, 3.8) is 0 Å². The maximum absolute atomic E-state index is 12.1. The van der Waals surface area contributed by atoms with Gasteiger partial charge in [-0.1, -0.05) is 29.8 Å². The normalized spacial score (nSPS) is 19.2. The Bertz CT molecular complexity index is 422. The van der Waals surface area contributed by atoms with Crippen molar-refractivity contribution in [1.29, 1.82) is 0 Å². The van der Waals surface area contributed by atoms with Crippen molar-refractivity contribution in [3.05, 3.63) is 34.9 Å². The van der Waals surface area contributed by atoms with Gasteiger partial charge in [0.2, 0.25) is 5.91 Å². The smallest absolute Gasteiger partial charge is 0.224 e. The average Bonchev–Trinajstić information content (AvgIpc) is 2.85. The molecule has 1 aromatic carbocycles. The third kappa shape index (κ3) is 2.85. The van der Waals surface area contributed by atoms with Gasteiger partial charge in [0.1, 0.15) is 0 Å². The first-order valence-corrected chi connectivity index (χ1v) is 6.80. The minimum atomic E-state index is 0.156. The summed E-state index contributed by atoms with van der Waals surface area (Å²) in [5.74, 6) is 0.215. The predicted octanol–water partition coefficient (Wildman–Crippen LogP) is 2.61. The molecule has 4 heteroatoms. The second kappa shape index (κ2) is 6.21. The molecule has 1 atom stereocenters. The highest BCUT2D eigenvalue weighted by molar-refractivity contribution is 6.31. The highest BCUT2D eigenvalue weighted by Gasteiger charge is 2.30. The summed E-state index contributed by atoms with van der Waals surface area (Å²) in [5.41, 5.74) is 1.08. The van der Waals surface area contributed by atoms with E-state index in [0.717, 1.165) is 36.5 Å². The second-order valence-electron chi connectivity index (χ2n) is 4.62. The van der Waals surface area contributed by atoms with Gasteiger partial charge in [-0.25, -0.2) is 0 Å². The quantitative estimate of drug-likeness (QED) is 0.909. The Hall–Kier alpha value is -1.06. The third-order valence-electron chi connectivity index (χ3n) is 3.43. The number of nitrogens with zero attached hydrogens (tertiary/aromatic N) is 1. The molecule has 1 amide bonds. The van der Waals surface area contributed by atoms with Gasteiger partial charge in [-0.3, -0.25) is 4.79 Å². The fraction of sp³-hybridized carbons (Fsp3) is 0.500. The van der Waals surface area contributed by atoms with Gasteiger partial charge in [-0.2, -0.15) is 0 Å². The molecule has 1 heterocycles. The standard InChI is InChI=1S/C14H19ClN2O/c1-16-9-8-14(18)17-10-4-7-13(17)11-5-2-3-6-12(11)15/h2-3,5-6,13,16H,4,7-10H2,1H3. The van der Waals surface area contributed by atoms with Crippen LogP contribution in [-0.2, 0) is 4.79 Å². The number of halogens is 1. The molecule has 2 rings (SSSR count). The molecule has 0 saturated carbocycles. The van der Waals surface area contributed by atoms with Gasteiger partial charge in [-0.15, -0.1) is 0 Å². The van der Waals surface area contributed by atoms with Crippen LogP contribution in [0.4, 0.5) is 0 Å². The monoisotopic (exact) mass is 266 g/mol. The number of rotatable bonds is 4. The lowest BCUT2D eigenvalue weighted by Gasteiger charge is -2.25. The molecule has 98 valence electrons. The molecule has 0 aliphatic carbocycles. The SMILES string of the molecule is CNCCC(=O)N1CCCC1c1ccccc1Cl. The van der Waals surface area contributed by atoms with Crippen molar-refractivity contribution in [2.75, 3.05) is 20.1 Å². The summed E-state index contributed by atoms with van der Waals surface area (Å²) < 4.78 is 0. The van der Waals surface area contributed by atoms with E-state index < -0.39 is 0 Å². The van der Waals surface area contributed by atoms with E-state index >= 15 is 0 Å². The zero-order chi connectivity index (χ0) is 13.0. The number of benzene rings is 1. The van der Waals surface area contributed by atoms with Crippen LogP contribution in [-0.4, -0.2) is 30.9 Å². The van der Waals surface area contributed by atoms with E-state index in [1.54, 1.807) is 0 Å². The molecule has 1 aliphatic rings. The van der Waals surface area contributed by atoms with Gasteiger partial charge >= 0.3 is 0 Å². The van der Waals surface area contributed by atoms with E-state index in [4.69, 9.17) is 11.6 Å². The third-order valence-corrected chi connectivity index (χ3v) is 3.77. The number of likely N-dealkylation sites (tertiary alicyclic amines) is 1. The first-order valence-electron chi connectivity index (χ1n) is 6.42. The van der Waals surface area contributed by atoms with Crippen LogP contribution >= 0.6 is 11.6 Å². The molecule has 0 bridgehead atoms. The molecule has 1 unspecified atom stereocenters. The predicted molar refractivity (Wildman–Crippen MR) is 73.7 cm³/mol. The van der Waals surface area contributed by atoms with E-state index in [1.165, 1.54) is 0 Å². The Morgan fingerprint density at radius 2 is 2.28 bits per heavy atom. The molecule has 0 aromatic heterocycles. The van der Waals surface area contributed by atoms with Gasteiger partial charge in [0.25, 0.3) is 0 Å². The lowest BCUT2D eigenvalue weighted by molar-refractivity contribution is -0.132. The van der Waals surface area contributed by atoms with E-state index in [0.29, 0.717) is 6.42 Å². The number of hydrogen-bond donors (Lipinski definition) is 1. The molecule has 0 spiro atoms. The van der Waals surface area contributed by atoms with Gasteiger partial charge in [0.15, 0.2) is 0 Å². The van der Waals surface area contributed by atoms with Crippen molar-refractivity contribution in [2.24, 2.45) is 0 Å². The van der Waals surface area contributed by atoms with Crippen molar-refractivity contribution >= 4 is 17.5 Å². The maximum atomic E-state index is 12.1. The van der Waals surface area contributed by atoms with Gasteiger partial charge in [0.05, 0.1) is 6.04 Å². The number of carbonyl (C=O) groups is 1. The average molecular weight is 267 g/mol. The maximum Gasteiger partial charge on any atom is 0.224 e. The van der Waals surface area contributed by atoms with Crippen molar-refractivity contribution < 1.29 is 4.79 Å². The van der Waals surface area contributed by atoms with Gasteiger partial charge < -0.3 is 10.2 Å². The van der Waals surface area contributed by atoms with Gasteiger partial charge in [0, 0.05) is 24.5 Å². The molecule has 18 heavy (non-hydrogen) atoms. The Kier molecular flexibility index (Phi) is 4.61. The van der Waals surface area contributed by atoms with Crippen molar-refractivity contribution in [1.82, 2.24) is 10.2 Å². The van der Waals surface area contributed by atoms with E-state index in [9.17, 15) is 4.79 Å². The number of carbonyl (C=O) groups excluding carboxylic acids is 1. The molecule has 1 N–H and O–H groups in total. The summed E-state index contributed by atoms with van der Waals surface area (Å²) in [6.45, 7) is 1.57. The second-order valence-corrected chi connectivity index (χ2v) is 5.03. The van der Waals surface area contributed by atoms with Crippen LogP contribution in [0.25, 0.3) is 0 Å². The van der Waals surface area contributed by atoms with E-state index in [2.05, 4.69) is 5.32 Å². The lowest BCUT2D eigenvalue weighted by Crippen LogP contribution is -2.32. The molecular weight excluding hydrogens is 248 g/mol. The number of amides is 1. The fourth-order valence-corrected chi connectivity index (χ4v) is 2.77. The van der Waals surface area contributed by atoms with Crippen LogP contribution in [0.2, 0.25) is 5.02 Å². The summed E-state index contributed by atoms with van der Waals surface area (Å²) in [6, 6.07) is 7.98. The largest absolute Gasteiger partial charge is 0.336 e. The summed E-state index contributed by atoms with van der Waals surface area (Å²) in [5, 5.41) is 3.77. The molecule has 1 fully saturated rings. The molecule has 1 saturated heterocycles. The zero-order valence-corrected chi connectivity index (χ0v) is 11.4. The van der Waals surface area contributed by atoms with Crippen molar-refractivity contribution in [3.8, 4) is 0 Å². The molecule has 1 aliphatic heterocycles. The summed E-state index contributed by atoms with van der Waals surface area (Å²) in [6.07, 6.45) is 2.62. The highest BCUT2D eigenvalue weighted by atomic mass is 35.5. The van der Waals surface area contributed by atoms with Crippen LogP contribution in [0, 0.1) is 0 Å². The topological polar surface area (TPSA) is 32.3 Å². The van der Waals surface area contributed by atoms with Crippen LogP contribution < -0.4 is 5.32 Å². The van der Waals surface area contributed by atoms with Crippen LogP contribution in [0.15, 0.2) is 24.3 Å². The Labute approximate surface area is 113 Å². The van der Waals surface area contributed by atoms with Crippen molar-refractivity contribution in [2.45, 2.75) is 25.3 Å². The van der Waals surface area contributed by atoms with Crippen LogP contribution in [0.5, 0.6) is 0 Å². The summed E-state index contributed by atoms with van der Waals surface area (Å²) in [7, 11) is 1.86. The molecule has 1 aromatic rings. The molecule has 3 nitrogen and oxygen atoms in total. The number of hydrogen-bond acceptors (Lipinski definition) is 2. The number of nitrogens with one attached hydrogen (secondary N) is 1. The van der Waals surface area contributed by atoms with Gasteiger partial charge in [-0.05, 0) is 31.5 Å². The summed E-state index contributed by atoms with van der Waals surface area (Å²) in [4.78, 5) is 14.1. The Morgan fingerprint density at radius 1 is 1.50 bits per heavy atom. The van der Waals surface area contributed by atoms with E-state index in [-0.39, 0.29) is 11.9 Å². The molecular formula is C14H19ClN2O. The fourth-order valence-electron chi connectivity index (χ4n) is 2.51. The molecule has 0 radical (unpaired) electrons.